The Kier molecular flexibility index (Phi) is 7.29. The zero-order chi connectivity index (χ0) is 10.2. The number of unbranched alkanes of at least 4 members (excludes halogenated alkanes) is 3. The molecule has 0 aliphatic rings. The van der Waals surface area contributed by atoms with Gasteiger partial charge in [0.15, 0.2) is 0 Å². The lowest BCUT2D eigenvalue weighted by atomic mass is 10.2. The van der Waals surface area contributed by atoms with Crippen molar-refractivity contribution in [2.75, 3.05) is 6.61 Å². The van der Waals surface area contributed by atoms with Crippen molar-refractivity contribution in [1.82, 2.24) is 0 Å². The van der Waals surface area contributed by atoms with Crippen LogP contribution in [0.1, 0.15) is 25.7 Å². The number of rotatable bonds is 7. The van der Waals surface area contributed by atoms with Crippen molar-refractivity contribution in [3.8, 4) is 0 Å². The summed E-state index contributed by atoms with van der Waals surface area (Å²) in [5.74, 6) is 0. The Balaban J connectivity index is 3.22. The van der Waals surface area contributed by atoms with Crippen LogP contribution in [-0.2, 0) is 0 Å². The SMILES string of the molecule is C[Si](C)(C)C/C=C\CCCCCO. The van der Waals surface area contributed by atoms with E-state index in [0.717, 1.165) is 12.8 Å². The Morgan fingerprint density at radius 1 is 1.00 bits per heavy atom. The molecule has 0 amide bonds. The maximum Gasteiger partial charge on any atom is 0.0480 e. The van der Waals surface area contributed by atoms with Crippen LogP contribution in [0.4, 0.5) is 0 Å². The molecule has 0 bridgehead atoms. The van der Waals surface area contributed by atoms with Gasteiger partial charge in [0.1, 0.15) is 0 Å². The second-order valence-electron chi connectivity index (χ2n) is 4.81. The van der Waals surface area contributed by atoms with Gasteiger partial charge in [0, 0.05) is 14.7 Å². The first-order valence-electron chi connectivity index (χ1n) is 5.32. The van der Waals surface area contributed by atoms with Gasteiger partial charge in [-0.25, -0.2) is 0 Å². The molecule has 0 saturated heterocycles. The second-order valence-corrected chi connectivity index (χ2v) is 10.3. The molecule has 0 aromatic rings. The highest BCUT2D eigenvalue weighted by Crippen LogP contribution is 2.09. The van der Waals surface area contributed by atoms with Gasteiger partial charge in [-0.1, -0.05) is 38.2 Å². The third kappa shape index (κ3) is 11.9. The third-order valence-electron chi connectivity index (χ3n) is 1.93. The molecule has 0 atom stereocenters. The molecule has 0 aliphatic heterocycles. The summed E-state index contributed by atoms with van der Waals surface area (Å²) in [6.45, 7) is 7.52. The van der Waals surface area contributed by atoms with E-state index in [0.29, 0.717) is 6.61 Å². The van der Waals surface area contributed by atoms with Gasteiger partial charge >= 0.3 is 0 Å². The van der Waals surface area contributed by atoms with Gasteiger partial charge in [-0.05, 0) is 25.3 Å². The summed E-state index contributed by atoms with van der Waals surface area (Å²) in [5.41, 5.74) is 0. The third-order valence-corrected chi connectivity index (χ3v) is 3.39. The molecular weight excluding hydrogens is 176 g/mol. The zero-order valence-electron chi connectivity index (χ0n) is 9.34. The topological polar surface area (TPSA) is 20.2 Å². The van der Waals surface area contributed by atoms with Gasteiger partial charge in [0.2, 0.25) is 0 Å². The lowest BCUT2D eigenvalue weighted by molar-refractivity contribution is 0.283. The van der Waals surface area contributed by atoms with Crippen molar-refractivity contribution >= 4 is 8.07 Å². The van der Waals surface area contributed by atoms with Crippen LogP contribution in [0.25, 0.3) is 0 Å². The van der Waals surface area contributed by atoms with Crippen LogP contribution in [0.2, 0.25) is 25.7 Å². The lowest BCUT2D eigenvalue weighted by Gasteiger charge is -2.11. The molecule has 2 heteroatoms. The number of allylic oxidation sites excluding steroid dienone is 2. The fraction of sp³-hybridized carbons (Fsp3) is 0.818. The van der Waals surface area contributed by atoms with Gasteiger partial charge in [-0.3, -0.25) is 0 Å². The maximum atomic E-state index is 8.56. The van der Waals surface area contributed by atoms with Gasteiger partial charge in [0.25, 0.3) is 0 Å². The Morgan fingerprint density at radius 2 is 1.69 bits per heavy atom. The summed E-state index contributed by atoms with van der Waals surface area (Å²) < 4.78 is 0. The average Bonchev–Trinajstić information content (AvgIpc) is 2.01. The summed E-state index contributed by atoms with van der Waals surface area (Å²) in [5, 5.41) is 8.56. The standard InChI is InChI=1S/C11H24OSi/c1-13(2,3)11-9-7-5-4-6-8-10-12/h7,9,12H,4-6,8,10-11H2,1-3H3/b9-7-. The minimum Gasteiger partial charge on any atom is -0.396 e. The smallest absolute Gasteiger partial charge is 0.0480 e. The summed E-state index contributed by atoms with van der Waals surface area (Å²) in [6.07, 6.45) is 9.17. The molecule has 0 heterocycles. The number of aliphatic hydroxyl groups is 1. The predicted octanol–water partition coefficient (Wildman–Crippen LogP) is 3.43. The molecule has 0 spiro atoms. The number of aliphatic hydroxyl groups excluding tert-OH is 1. The first-order valence-corrected chi connectivity index (χ1v) is 9.03. The van der Waals surface area contributed by atoms with Gasteiger partial charge in [-0.2, -0.15) is 0 Å². The van der Waals surface area contributed by atoms with Crippen molar-refractivity contribution in [2.24, 2.45) is 0 Å². The van der Waals surface area contributed by atoms with Crippen LogP contribution in [0.5, 0.6) is 0 Å². The molecule has 0 aromatic heterocycles. The van der Waals surface area contributed by atoms with E-state index in [2.05, 4.69) is 31.8 Å². The number of hydrogen-bond acceptors (Lipinski definition) is 1. The van der Waals surface area contributed by atoms with Gasteiger partial charge in [0.05, 0.1) is 0 Å². The molecule has 0 fully saturated rings. The molecule has 0 saturated carbocycles. The van der Waals surface area contributed by atoms with E-state index in [1.165, 1.54) is 18.9 Å². The largest absolute Gasteiger partial charge is 0.396 e. The van der Waals surface area contributed by atoms with E-state index >= 15 is 0 Å². The van der Waals surface area contributed by atoms with Crippen molar-refractivity contribution in [3.63, 3.8) is 0 Å². The molecule has 0 radical (unpaired) electrons. The molecule has 0 aliphatic carbocycles. The van der Waals surface area contributed by atoms with Crippen LogP contribution in [-0.4, -0.2) is 19.8 Å². The predicted molar refractivity (Wildman–Crippen MR) is 62.8 cm³/mol. The summed E-state index contributed by atoms with van der Waals surface area (Å²) in [7, 11) is -0.859. The fourth-order valence-corrected chi connectivity index (χ4v) is 1.98. The zero-order valence-corrected chi connectivity index (χ0v) is 10.3. The van der Waals surface area contributed by atoms with Crippen molar-refractivity contribution in [2.45, 2.75) is 51.4 Å². The quantitative estimate of drug-likeness (QED) is 0.379. The minimum absolute atomic E-state index is 0.346. The maximum absolute atomic E-state index is 8.56. The summed E-state index contributed by atoms with van der Waals surface area (Å²) >= 11 is 0. The summed E-state index contributed by atoms with van der Waals surface area (Å²) in [6, 6.07) is 1.30. The number of hydrogen-bond donors (Lipinski definition) is 1. The molecular formula is C11H24OSi. The van der Waals surface area contributed by atoms with E-state index in [-0.39, 0.29) is 0 Å². The van der Waals surface area contributed by atoms with E-state index in [1.807, 2.05) is 0 Å². The van der Waals surface area contributed by atoms with E-state index < -0.39 is 8.07 Å². The molecule has 0 aromatic carbocycles. The highest BCUT2D eigenvalue weighted by Gasteiger charge is 2.08. The van der Waals surface area contributed by atoms with Crippen LogP contribution >= 0.6 is 0 Å². The van der Waals surface area contributed by atoms with Crippen LogP contribution < -0.4 is 0 Å². The van der Waals surface area contributed by atoms with Gasteiger partial charge in [-0.15, -0.1) is 0 Å². The summed E-state index contributed by atoms with van der Waals surface area (Å²) in [4.78, 5) is 0. The first-order chi connectivity index (χ1) is 6.06. The van der Waals surface area contributed by atoms with E-state index in [9.17, 15) is 0 Å². The lowest BCUT2D eigenvalue weighted by Crippen LogP contribution is -2.17. The Morgan fingerprint density at radius 3 is 2.23 bits per heavy atom. The Hall–Kier alpha value is -0.0831. The molecule has 13 heavy (non-hydrogen) atoms. The second kappa shape index (κ2) is 7.33. The highest BCUT2D eigenvalue weighted by atomic mass is 28.3. The van der Waals surface area contributed by atoms with Crippen molar-refractivity contribution in [3.05, 3.63) is 12.2 Å². The molecule has 78 valence electrons. The Labute approximate surface area is 83.9 Å². The molecule has 0 rings (SSSR count). The van der Waals surface area contributed by atoms with Crippen LogP contribution in [0.15, 0.2) is 12.2 Å². The normalized spacial score (nSPS) is 12.6. The van der Waals surface area contributed by atoms with Crippen molar-refractivity contribution < 1.29 is 5.11 Å². The highest BCUT2D eigenvalue weighted by molar-refractivity contribution is 6.76. The first kappa shape index (κ1) is 12.9. The Bertz CT molecular complexity index is 136. The van der Waals surface area contributed by atoms with E-state index in [1.54, 1.807) is 0 Å². The monoisotopic (exact) mass is 200 g/mol. The molecule has 1 N–H and O–H groups in total. The van der Waals surface area contributed by atoms with E-state index in [4.69, 9.17) is 5.11 Å². The fourth-order valence-electron chi connectivity index (χ4n) is 1.11. The minimum atomic E-state index is -0.859. The molecule has 1 nitrogen and oxygen atoms in total. The van der Waals surface area contributed by atoms with Crippen LogP contribution in [0, 0.1) is 0 Å². The van der Waals surface area contributed by atoms with Gasteiger partial charge < -0.3 is 5.11 Å². The van der Waals surface area contributed by atoms with Crippen molar-refractivity contribution in [1.29, 1.82) is 0 Å². The molecule has 0 unspecified atom stereocenters. The van der Waals surface area contributed by atoms with Crippen LogP contribution in [0.3, 0.4) is 0 Å². The average molecular weight is 200 g/mol.